The van der Waals surface area contributed by atoms with Gasteiger partial charge < -0.3 is 5.73 Å². The highest BCUT2D eigenvalue weighted by molar-refractivity contribution is 6.01. The number of nitrogen functional groups attached to an aromatic ring is 1. The molecule has 2 heteroatoms. The second-order valence-electron chi connectivity index (χ2n) is 4.06. The molecule has 0 atom stereocenters. The number of hydrogen-bond donors (Lipinski definition) is 1. The zero-order valence-corrected chi connectivity index (χ0v) is 8.26. The minimum Gasteiger partial charge on any atom is -0.398 e. The van der Waals surface area contributed by atoms with Crippen molar-refractivity contribution < 1.29 is 0 Å². The summed E-state index contributed by atoms with van der Waals surface area (Å²) in [6.07, 6.45) is 0. The summed E-state index contributed by atoms with van der Waals surface area (Å²) >= 11 is 0. The molecule has 0 fully saturated rings. The van der Waals surface area contributed by atoms with Crippen molar-refractivity contribution in [1.82, 2.24) is 0 Å². The fourth-order valence-corrected chi connectivity index (χ4v) is 1.83. The summed E-state index contributed by atoms with van der Waals surface area (Å²) in [7, 11) is 0. The van der Waals surface area contributed by atoms with E-state index in [-0.39, 0.29) is 5.41 Å². The third kappa shape index (κ3) is 0.981. The molecule has 1 aliphatic rings. The monoisotopic (exact) mass is 174 g/mol. The molecule has 1 aliphatic heterocycles. The first-order valence-corrected chi connectivity index (χ1v) is 4.48. The number of nitrogens with zero attached hydrogens (tertiary/aromatic N) is 1. The zero-order chi connectivity index (χ0) is 9.64. The Labute approximate surface area is 78.5 Å². The van der Waals surface area contributed by atoms with Gasteiger partial charge in [0.05, 0.1) is 5.69 Å². The lowest BCUT2D eigenvalue weighted by Crippen LogP contribution is -2.23. The fourth-order valence-electron chi connectivity index (χ4n) is 1.83. The van der Waals surface area contributed by atoms with Crippen LogP contribution < -0.4 is 5.73 Å². The molecule has 1 heterocycles. The topological polar surface area (TPSA) is 38.4 Å². The molecule has 1 aromatic rings. The van der Waals surface area contributed by atoms with E-state index >= 15 is 0 Å². The number of rotatable bonds is 0. The molecule has 0 spiro atoms. The average molecular weight is 174 g/mol. The molecule has 0 radical (unpaired) electrons. The second-order valence-corrected chi connectivity index (χ2v) is 4.06. The standard InChI is InChI=1S/C11H14N2/c1-7-11(2,3)10-8(12)5-4-6-9(10)13-7/h4-6H,12H2,1-3H3. The van der Waals surface area contributed by atoms with Crippen LogP contribution in [0.4, 0.5) is 11.4 Å². The summed E-state index contributed by atoms with van der Waals surface area (Å²) in [5.41, 5.74) is 10.1. The maximum Gasteiger partial charge on any atom is 0.0691 e. The van der Waals surface area contributed by atoms with Crippen LogP contribution in [0.3, 0.4) is 0 Å². The van der Waals surface area contributed by atoms with Crippen LogP contribution in [-0.2, 0) is 5.41 Å². The molecule has 0 aliphatic carbocycles. The Morgan fingerprint density at radius 2 is 2.00 bits per heavy atom. The Hall–Kier alpha value is -1.31. The van der Waals surface area contributed by atoms with E-state index in [0.717, 1.165) is 17.1 Å². The average Bonchev–Trinajstić information content (AvgIpc) is 2.24. The SMILES string of the molecule is CC1=Nc2cccc(N)c2C1(C)C. The molecular weight excluding hydrogens is 160 g/mol. The molecule has 0 amide bonds. The Bertz CT molecular complexity index is 389. The predicted molar refractivity (Wildman–Crippen MR) is 56.6 cm³/mol. The molecular formula is C11H14N2. The van der Waals surface area contributed by atoms with E-state index in [1.165, 1.54) is 5.56 Å². The maximum absolute atomic E-state index is 5.94. The van der Waals surface area contributed by atoms with E-state index < -0.39 is 0 Å². The smallest absolute Gasteiger partial charge is 0.0691 e. The van der Waals surface area contributed by atoms with Gasteiger partial charge in [-0.15, -0.1) is 0 Å². The van der Waals surface area contributed by atoms with Gasteiger partial charge in [0.1, 0.15) is 0 Å². The maximum atomic E-state index is 5.94. The van der Waals surface area contributed by atoms with Gasteiger partial charge in [-0.3, -0.25) is 4.99 Å². The van der Waals surface area contributed by atoms with Crippen LogP contribution in [0, 0.1) is 0 Å². The number of nitrogens with two attached hydrogens (primary N) is 1. The molecule has 0 unspecified atom stereocenters. The quantitative estimate of drug-likeness (QED) is 0.603. The summed E-state index contributed by atoms with van der Waals surface area (Å²) < 4.78 is 0. The molecule has 2 rings (SSSR count). The second kappa shape index (κ2) is 2.34. The first-order chi connectivity index (χ1) is 6.03. The number of anilines is 1. The number of aliphatic imine (C=N–C) groups is 1. The first kappa shape index (κ1) is 8.30. The summed E-state index contributed by atoms with van der Waals surface area (Å²) in [6.45, 7) is 6.38. The van der Waals surface area contributed by atoms with Crippen LogP contribution in [0.1, 0.15) is 26.3 Å². The van der Waals surface area contributed by atoms with Gasteiger partial charge in [-0.2, -0.15) is 0 Å². The van der Waals surface area contributed by atoms with E-state index in [1.54, 1.807) is 0 Å². The van der Waals surface area contributed by atoms with Crippen molar-refractivity contribution in [1.29, 1.82) is 0 Å². The Kier molecular flexibility index (Phi) is 1.50. The van der Waals surface area contributed by atoms with Gasteiger partial charge >= 0.3 is 0 Å². The summed E-state index contributed by atoms with van der Waals surface area (Å²) in [6, 6.07) is 5.91. The molecule has 0 bridgehead atoms. The van der Waals surface area contributed by atoms with Crippen molar-refractivity contribution >= 4 is 17.1 Å². The molecule has 0 aromatic heterocycles. The Balaban J connectivity index is 2.72. The van der Waals surface area contributed by atoms with Crippen LogP contribution in [-0.4, -0.2) is 5.71 Å². The van der Waals surface area contributed by atoms with Gasteiger partial charge in [-0.1, -0.05) is 19.9 Å². The van der Waals surface area contributed by atoms with Crippen LogP contribution in [0.25, 0.3) is 0 Å². The Morgan fingerprint density at radius 3 is 2.62 bits per heavy atom. The number of hydrogen-bond acceptors (Lipinski definition) is 2. The van der Waals surface area contributed by atoms with Crippen molar-refractivity contribution in [2.24, 2.45) is 4.99 Å². The molecule has 2 nitrogen and oxygen atoms in total. The molecule has 1 aromatic carbocycles. The number of benzene rings is 1. The van der Waals surface area contributed by atoms with Gasteiger partial charge in [0.15, 0.2) is 0 Å². The van der Waals surface area contributed by atoms with Gasteiger partial charge in [-0.05, 0) is 19.1 Å². The predicted octanol–water partition coefficient (Wildman–Crippen LogP) is 2.65. The van der Waals surface area contributed by atoms with Crippen molar-refractivity contribution in [3.8, 4) is 0 Å². The minimum absolute atomic E-state index is 0.000671. The van der Waals surface area contributed by atoms with E-state index in [2.05, 4.69) is 25.8 Å². The van der Waals surface area contributed by atoms with Crippen molar-refractivity contribution in [2.45, 2.75) is 26.2 Å². The lowest BCUT2D eigenvalue weighted by atomic mass is 9.81. The third-order valence-electron chi connectivity index (χ3n) is 2.89. The van der Waals surface area contributed by atoms with Crippen LogP contribution >= 0.6 is 0 Å². The highest BCUT2D eigenvalue weighted by atomic mass is 14.8. The largest absolute Gasteiger partial charge is 0.398 e. The lowest BCUT2D eigenvalue weighted by Gasteiger charge is -2.21. The molecule has 0 saturated heterocycles. The van der Waals surface area contributed by atoms with Crippen molar-refractivity contribution in [2.75, 3.05) is 5.73 Å². The van der Waals surface area contributed by atoms with E-state index in [1.807, 2.05) is 18.2 Å². The van der Waals surface area contributed by atoms with E-state index in [0.29, 0.717) is 0 Å². The van der Waals surface area contributed by atoms with E-state index in [4.69, 9.17) is 5.73 Å². The fraction of sp³-hybridized carbons (Fsp3) is 0.364. The van der Waals surface area contributed by atoms with E-state index in [9.17, 15) is 0 Å². The van der Waals surface area contributed by atoms with Crippen LogP contribution in [0.5, 0.6) is 0 Å². The minimum atomic E-state index is 0.000671. The van der Waals surface area contributed by atoms with Gasteiger partial charge in [0.2, 0.25) is 0 Å². The molecule has 2 N–H and O–H groups in total. The van der Waals surface area contributed by atoms with Crippen LogP contribution in [0.2, 0.25) is 0 Å². The number of fused-ring (bicyclic) bond motifs is 1. The normalized spacial score (nSPS) is 18.2. The Morgan fingerprint density at radius 1 is 1.31 bits per heavy atom. The van der Waals surface area contributed by atoms with Crippen molar-refractivity contribution in [3.05, 3.63) is 23.8 Å². The van der Waals surface area contributed by atoms with Gasteiger partial charge in [0.25, 0.3) is 0 Å². The molecule has 68 valence electrons. The zero-order valence-electron chi connectivity index (χ0n) is 8.26. The lowest BCUT2D eigenvalue weighted by molar-refractivity contribution is 0.736. The molecule has 0 saturated carbocycles. The summed E-state index contributed by atoms with van der Waals surface area (Å²) in [5.74, 6) is 0. The first-order valence-electron chi connectivity index (χ1n) is 4.48. The van der Waals surface area contributed by atoms with Crippen LogP contribution in [0.15, 0.2) is 23.2 Å². The van der Waals surface area contributed by atoms with Gasteiger partial charge in [-0.25, -0.2) is 0 Å². The molecule has 13 heavy (non-hydrogen) atoms. The highest BCUT2D eigenvalue weighted by Gasteiger charge is 2.33. The van der Waals surface area contributed by atoms with Gasteiger partial charge in [0, 0.05) is 22.4 Å². The summed E-state index contributed by atoms with van der Waals surface area (Å²) in [5, 5.41) is 0. The van der Waals surface area contributed by atoms with Crippen molar-refractivity contribution in [3.63, 3.8) is 0 Å². The highest BCUT2D eigenvalue weighted by Crippen LogP contribution is 2.42. The summed E-state index contributed by atoms with van der Waals surface area (Å²) in [4.78, 5) is 4.50. The third-order valence-corrected chi connectivity index (χ3v) is 2.89.